The standard InChI is InChI=1S/C28H29F2N5O2/c1-32-16-19(15-31-32)21-11-18-5-4-8-35(24(18)14-23(21)27(29)30)20-12-22(17-6-9-37-10-7-17)26-25(13-20)33(2)28(36)34(26)3/h6,11-16,27H,4-5,7-10H2,1-3H3. The van der Waals surface area contributed by atoms with Crippen molar-refractivity contribution in [1.82, 2.24) is 18.9 Å². The molecule has 0 bridgehead atoms. The van der Waals surface area contributed by atoms with Crippen LogP contribution in [0.2, 0.25) is 0 Å². The van der Waals surface area contributed by atoms with E-state index in [9.17, 15) is 13.6 Å². The van der Waals surface area contributed by atoms with Gasteiger partial charge in [-0.25, -0.2) is 13.6 Å². The van der Waals surface area contributed by atoms with Crippen molar-refractivity contribution < 1.29 is 13.5 Å². The third-order valence-corrected chi connectivity index (χ3v) is 7.59. The average Bonchev–Trinajstić information content (AvgIpc) is 3.44. The van der Waals surface area contributed by atoms with Gasteiger partial charge < -0.3 is 9.64 Å². The van der Waals surface area contributed by atoms with Crippen LogP contribution >= 0.6 is 0 Å². The van der Waals surface area contributed by atoms with Gasteiger partial charge in [0.2, 0.25) is 0 Å². The molecule has 2 aliphatic rings. The summed E-state index contributed by atoms with van der Waals surface area (Å²) in [5.41, 5.74) is 7.66. The maximum absolute atomic E-state index is 14.3. The molecule has 0 fully saturated rings. The van der Waals surface area contributed by atoms with E-state index in [0.717, 1.165) is 58.4 Å². The summed E-state index contributed by atoms with van der Waals surface area (Å²) in [4.78, 5) is 15.0. The number of halogens is 2. The number of hydrogen-bond acceptors (Lipinski definition) is 4. The number of aryl methyl sites for hydroxylation is 4. The highest BCUT2D eigenvalue weighted by Crippen LogP contribution is 2.43. The topological polar surface area (TPSA) is 57.2 Å². The van der Waals surface area contributed by atoms with Crippen LogP contribution in [0.5, 0.6) is 0 Å². The minimum absolute atomic E-state index is 0.000741. The number of benzene rings is 2. The highest BCUT2D eigenvalue weighted by Gasteiger charge is 2.26. The summed E-state index contributed by atoms with van der Waals surface area (Å²) in [6.07, 6.45) is 5.30. The Kier molecular flexibility index (Phi) is 5.75. The summed E-state index contributed by atoms with van der Waals surface area (Å²) in [7, 11) is 5.35. The molecule has 9 heteroatoms. The molecule has 4 heterocycles. The van der Waals surface area contributed by atoms with Crippen LogP contribution in [-0.4, -0.2) is 38.7 Å². The van der Waals surface area contributed by atoms with E-state index in [2.05, 4.69) is 22.1 Å². The molecule has 0 N–H and O–H groups in total. The Bertz CT molecular complexity index is 1610. The average molecular weight is 506 g/mol. The number of ether oxygens (including phenoxy) is 1. The number of nitrogens with zero attached hydrogens (tertiary/aromatic N) is 5. The van der Waals surface area contributed by atoms with Gasteiger partial charge in [-0.15, -0.1) is 0 Å². The van der Waals surface area contributed by atoms with Crippen LogP contribution < -0.4 is 10.6 Å². The Morgan fingerprint density at radius 2 is 1.86 bits per heavy atom. The van der Waals surface area contributed by atoms with E-state index in [0.29, 0.717) is 30.9 Å². The second-order valence-corrected chi connectivity index (χ2v) is 9.84. The molecule has 192 valence electrons. The quantitative estimate of drug-likeness (QED) is 0.387. The first-order valence-electron chi connectivity index (χ1n) is 12.5. The third kappa shape index (κ3) is 3.89. The zero-order valence-corrected chi connectivity index (χ0v) is 21.2. The Morgan fingerprint density at radius 1 is 1.03 bits per heavy atom. The SMILES string of the molecule is Cn1cc(-c2cc3c(cc2C(F)F)N(c2cc(C4=CCOCC4)c4c(c2)n(C)c(=O)n4C)CCC3)cn1. The van der Waals surface area contributed by atoms with Crippen LogP contribution in [0.25, 0.3) is 27.7 Å². The molecular weight excluding hydrogens is 476 g/mol. The van der Waals surface area contributed by atoms with Gasteiger partial charge in [-0.1, -0.05) is 6.08 Å². The summed E-state index contributed by atoms with van der Waals surface area (Å²) in [6.45, 7) is 1.86. The van der Waals surface area contributed by atoms with Crippen LogP contribution in [0.3, 0.4) is 0 Å². The van der Waals surface area contributed by atoms with Crippen molar-refractivity contribution in [3.8, 4) is 11.1 Å². The number of aromatic nitrogens is 4. The molecule has 7 nitrogen and oxygen atoms in total. The molecular formula is C28H29F2N5O2. The predicted molar refractivity (Wildman–Crippen MR) is 141 cm³/mol. The molecule has 0 unspecified atom stereocenters. The van der Waals surface area contributed by atoms with Gasteiger partial charge >= 0.3 is 5.69 Å². The zero-order valence-electron chi connectivity index (χ0n) is 21.2. The van der Waals surface area contributed by atoms with Gasteiger partial charge in [0.15, 0.2) is 0 Å². The zero-order chi connectivity index (χ0) is 25.8. The van der Waals surface area contributed by atoms with E-state index in [1.54, 1.807) is 53.4 Å². The smallest absolute Gasteiger partial charge is 0.328 e. The second-order valence-electron chi connectivity index (χ2n) is 9.84. The maximum Gasteiger partial charge on any atom is 0.328 e. The molecule has 0 spiro atoms. The minimum atomic E-state index is -2.62. The minimum Gasteiger partial charge on any atom is -0.377 e. The fourth-order valence-electron chi connectivity index (χ4n) is 5.72. The number of fused-ring (bicyclic) bond motifs is 2. The summed E-state index contributed by atoms with van der Waals surface area (Å²) in [6, 6.07) is 7.65. The van der Waals surface area contributed by atoms with Crippen molar-refractivity contribution in [2.75, 3.05) is 24.7 Å². The van der Waals surface area contributed by atoms with Crippen LogP contribution in [0.4, 0.5) is 20.2 Å². The third-order valence-electron chi connectivity index (χ3n) is 7.59. The monoisotopic (exact) mass is 505 g/mol. The van der Waals surface area contributed by atoms with Crippen LogP contribution in [0.1, 0.15) is 36.0 Å². The molecule has 2 aromatic heterocycles. The lowest BCUT2D eigenvalue weighted by Gasteiger charge is -2.33. The Labute approximate surface area is 213 Å². The fourth-order valence-corrected chi connectivity index (χ4v) is 5.72. The Balaban J connectivity index is 1.55. The van der Waals surface area contributed by atoms with Gasteiger partial charge in [0, 0.05) is 61.9 Å². The van der Waals surface area contributed by atoms with E-state index in [1.807, 2.05) is 12.1 Å². The predicted octanol–water partition coefficient (Wildman–Crippen LogP) is 5.10. The maximum atomic E-state index is 14.3. The van der Waals surface area contributed by atoms with Crippen molar-refractivity contribution in [2.24, 2.45) is 21.1 Å². The van der Waals surface area contributed by atoms with Crippen LogP contribution in [-0.2, 0) is 32.3 Å². The molecule has 2 aliphatic heterocycles. The van der Waals surface area contributed by atoms with Gasteiger partial charge in [-0.05, 0) is 60.2 Å². The largest absolute Gasteiger partial charge is 0.377 e. The molecule has 0 saturated heterocycles. The van der Waals surface area contributed by atoms with Crippen LogP contribution in [0, 0.1) is 0 Å². The lowest BCUT2D eigenvalue weighted by molar-refractivity contribution is 0.152. The number of hydrogen-bond donors (Lipinski definition) is 0. The fraction of sp³-hybridized carbons (Fsp3) is 0.357. The number of imidazole rings is 1. The summed E-state index contributed by atoms with van der Waals surface area (Å²) < 4.78 is 39.2. The highest BCUT2D eigenvalue weighted by atomic mass is 19.3. The molecule has 0 amide bonds. The molecule has 0 radical (unpaired) electrons. The lowest BCUT2D eigenvalue weighted by Crippen LogP contribution is -2.25. The number of alkyl halides is 2. The van der Waals surface area contributed by atoms with Gasteiger partial charge in [0.1, 0.15) is 0 Å². The van der Waals surface area contributed by atoms with E-state index in [1.165, 1.54) is 0 Å². The number of rotatable bonds is 4. The van der Waals surface area contributed by atoms with E-state index in [-0.39, 0.29) is 11.3 Å². The molecule has 2 aromatic carbocycles. The second kappa shape index (κ2) is 8.99. The molecule has 0 atom stereocenters. The van der Waals surface area contributed by atoms with Crippen molar-refractivity contribution in [1.29, 1.82) is 0 Å². The molecule has 6 rings (SSSR count). The molecule has 0 aliphatic carbocycles. The first-order chi connectivity index (χ1) is 17.8. The normalized spacial score (nSPS) is 15.9. The molecule has 0 saturated carbocycles. The first-order valence-corrected chi connectivity index (χ1v) is 12.5. The van der Waals surface area contributed by atoms with Crippen molar-refractivity contribution in [2.45, 2.75) is 25.7 Å². The number of anilines is 2. The van der Waals surface area contributed by atoms with E-state index >= 15 is 0 Å². The highest BCUT2D eigenvalue weighted by molar-refractivity contribution is 5.94. The van der Waals surface area contributed by atoms with Gasteiger partial charge in [-0.2, -0.15) is 5.10 Å². The molecule has 37 heavy (non-hydrogen) atoms. The summed E-state index contributed by atoms with van der Waals surface area (Å²) >= 11 is 0. The first kappa shape index (κ1) is 23.7. The van der Waals surface area contributed by atoms with Gasteiger partial charge in [-0.3, -0.25) is 13.8 Å². The Morgan fingerprint density at radius 3 is 2.57 bits per heavy atom. The Hall–Kier alpha value is -3.72. The van der Waals surface area contributed by atoms with Gasteiger partial charge in [0.25, 0.3) is 6.43 Å². The van der Waals surface area contributed by atoms with Crippen molar-refractivity contribution in [3.63, 3.8) is 0 Å². The van der Waals surface area contributed by atoms with E-state index < -0.39 is 6.43 Å². The van der Waals surface area contributed by atoms with Crippen molar-refractivity contribution in [3.05, 3.63) is 69.9 Å². The summed E-state index contributed by atoms with van der Waals surface area (Å²) in [5, 5.41) is 4.19. The lowest BCUT2D eigenvalue weighted by atomic mass is 9.92. The molecule has 4 aromatic rings. The van der Waals surface area contributed by atoms with Crippen LogP contribution in [0.15, 0.2) is 47.5 Å². The summed E-state index contributed by atoms with van der Waals surface area (Å²) in [5.74, 6) is 0. The van der Waals surface area contributed by atoms with E-state index in [4.69, 9.17) is 4.74 Å². The van der Waals surface area contributed by atoms with Crippen molar-refractivity contribution >= 4 is 28.0 Å². The van der Waals surface area contributed by atoms with Gasteiger partial charge in [0.05, 0.1) is 30.4 Å².